The summed E-state index contributed by atoms with van der Waals surface area (Å²) in [5, 5.41) is 0.541. The van der Waals surface area contributed by atoms with Crippen molar-refractivity contribution in [3.05, 3.63) is 34.9 Å². The van der Waals surface area contributed by atoms with Gasteiger partial charge >= 0.3 is 5.97 Å². The summed E-state index contributed by atoms with van der Waals surface area (Å²) in [5.41, 5.74) is 6.85. The summed E-state index contributed by atoms with van der Waals surface area (Å²) in [7, 11) is 1.31. The fourth-order valence-electron chi connectivity index (χ4n) is 0.916. The molecule has 0 fully saturated rings. The topological polar surface area (TPSA) is 52.3 Å². The molecular formula is C10H10ClNO2. The number of carbonyl (C=O) groups excluding carboxylic acids is 1. The van der Waals surface area contributed by atoms with Gasteiger partial charge in [-0.1, -0.05) is 11.6 Å². The SMILES string of the molecule is COC(=O)/C=C/c1cc(N)ccc1Cl. The lowest BCUT2D eigenvalue weighted by atomic mass is 10.2. The normalized spacial score (nSPS) is 10.4. The van der Waals surface area contributed by atoms with E-state index in [1.807, 2.05) is 0 Å². The molecule has 3 nitrogen and oxygen atoms in total. The first-order valence-electron chi connectivity index (χ1n) is 3.94. The van der Waals surface area contributed by atoms with Crippen LogP contribution in [0.15, 0.2) is 24.3 Å². The molecule has 2 N–H and O–H groups in total. The summed E-state index contributed by atoms with van der Waals surface area (Å²) in [5.74, 6) is -0.427. The summed E-state index contributed by atoms with van der Waals surface area (Å²) in [6, 6.07) is 5.05. The van der Waals surface area contributed by atoms with Gasteiger partial charge in [0.05, 0.1) is 7.11 Å². The third-order valence-electron chi connectivity index (χ3n) is 1.62. The smallest absolute Gasteiger partial charge is 0.330 e. The number of methoxy groups -OCH3 is 1. The highest BCUT2D eigenvalue weighted by molar-refractivity contribution is 6.32. The van der Waals surface area contributed by atoms with Crippen molar-refractivity contribution in [3.8, 4) is 0 Å². The molecule has 1 aromatic rings. The number of esters is 1. The lowest BCUT2D eigenvalue weighted by molar-refractivity contribution is -0.134. The highest BCUT2D eigenvalue weighted by Crippen LogP contribution is 2.19. The van der Waals surface area contributed by atoms with Gasteiger partial charge in [0.15, 0.2) is 0 Å². The van der Waals surface area contributed by atoms with Crippen LogP contribution in [0.2, 0.25) is 5.02 Å². The van der Waals surface area contributed by atoms with Crippen LogP contribution in [0.3, 0.4) is 0 Å². The quantitative estimate of drug-likeness (QED) is 0.463. The number of carbonyl (C=O) groups is 1. The molecule has 1 aromatic carbocycles. The maximum absolute atomic E-state index is 10.8. The fraction of sp³-hybridized carbons (Fsp3) is 0.100. The molecular weight excluding hydrogens is 202 g/mol. The van der Waals surface area contributed by atoms with E-state index >= 15 is 0 Å². The molecule has 0 saturated carbocycles. The van der Waals surface area contributed by atoms with Crippen molar-refractivity contribution in [1.29, 1.82) is 0 Å². The average molecular weight is 212 g/mol. The molecule has 0 aliphatic carbocycles. The van der Waals surface area contributed by atoms with Gasteiger partial charge < -0.3 is 10.5 Å². The molecule has 0 aliphatic rings. The first-order chi connectivity index (χ1) is 6.63. The molecule has 74 valence electrons. The second-order valence-electron chi connectivity index (χ2n) is 2.64. The number of nitrogens with two attached hydrogens (primary N) is 1. The Morgan fingerprint density at radius 2 is 2.29 bits per heavy atom. The lowest BCUT2D eigenvalue weighted by Crippen LogP contribution is -1.93. The summed E-state index contributed by atoms with van der Waals surface area (Å²) in [4.78, 5) is 10.8. The predicted octanol–water partition coefficient (Wildman–Crippen LogP) is 2.11. The van der Waals surface area contributed by atoms with Crippen LogP contribution in [0.4, 0.5) is 5.69 Å². The highest BCUT2D eigenvalue weighted by Gasteiger charge is 1.98. The number of hydrogen-bond acceptors (Lipinski definition) is 3. The molecule has 0 bridgehead atoms. The Labute approximate surface area is 87.1 Å². The monoisotopic (exact) mass is 211 g/mol. The van der Waals surface area contributed by atoms with E-state index in [9.17, 15) is 4.79 Å². The minimum Gasteiger partial charge on any atom is -0.466 e. The van der Waals surface area contributed by atoms with Gasteiger partial charge in [-0.3, -0.25) is 0 Å². The fourth-order valence-corrected chi connectivity index (χ4v) is 1.10. The second-order valence-corrected chi connectivity index (χ2v) is 3.04. The predicted molar refractivity (Wildman–Crippen MR) is 56.9 cm³/mol. The van der Waals surface area contributed by atoms with Crippen LogP contribution in [0.5, 0.6) is 0 Å². The Morgan fingerprint density at radius 3 is 2.93 bits per heavy atom. The van der Waals surface area contributed by atoms with Crippen molar-refractivity contribution in [2.45, 2.75) is 0 Å². The molecule has 4 heteroatoms. The molecule has 1 rings (SSSR count). The van der Waals surface area contributed by atoms with E-state index in [4.69, 9.17) is 17.3 Å². The van der Waals surface area contributed by atoms with Gasteiger partial charge in [-0.2, -0.15) is 0 Å². The molecule has 0 aliphatic heterocycles. The standard InChI is InChI=1S/C10H10ClNO2/c1-14-10(13)5-2-7-6-8(12)3-4-9(7)11/h2-6H,12H2,1H3/b5-2+. The zero-order valence-corrected chi connectivity index (χ0v) is 8.41. The molecule has 0 saturated heterocycles. The van der Waals surface area contributed by atoms with E-state index in [-0.39, 0.29) is 0 Å². The van der Waals surface area contributed by atoms with Crippen molar-refractivity contribution < 1.29 is 9.53 Å². The van der Waals surface area contributed by atoms with Crippen molar-refractivity contribution >= 4 is 29.3 Å². The summed E-state index contributed by atoms with van der Waals surface area (Å²) in [6.07, 6.45) is 2.85. The molecule has 0 aromatic heterocycles. The molecule has 0 unspecified atom stereocenters. The number of anilines is 1. The maximum Gasteiger partial charge on any atom is 0.330 e. The van der Waals surface area contributed by atoms with Gasteiger partial charge in [0.2, 0.25) is 0 Å². The highest BCUT2D eigenvalue weighted by atomic mass is 35.5. The molecule has 0 spiro atoms. The minimum atomic E-state index is -0.427. The summed E-state index contributed by atoms with van der Waals surface area (Å²) < 4.78 is 4.44. The van der Waals surface area contributed by atoms with Crippen molar-refractivity contribution in [2.24, 2.45) is 0 Å². The van der Waals surface area contributed by atoms with Gasteiger partial charge in [0, 0.05) is 16.8 Å². The number of rotatable bonds is 2. The number of halogens is 1. The van der Waals surface area contributed by atoms with E-state index in [0.717, 1.165) is 0 Å². The van der Waals surface area contributed by atoms with Crippen LogP contribution >= 0.6 is 11.6 Å². The van der Waals surface area contributed by atoms with E-state index < -0.39 is 5.97 Å². The summed E-state index contributed by atoms with van der Waals surface area (Å²) >= 11 is 5.86. The van der Waals surface area contributed by atoms with Gasteiger partial charge in [-0.15, -0.1) is 0 Å². The minimum absolute atomic E-state index is 0.427. The Kier molecular flexibility index (Phi) is 3.54. The first-order valence-corrected chi connectivity index (χ1v) is 4.32. The largest absolute Gasteiger partial charge is 0.466 e. The van der Waals surface area contributed by atoms with Crippen LogP contribution < -0.4 is 5.73 Å². The lowest BCUT2D eigenvalue weighted by Gasteiger charge is -1.99. The van der Waals surface area contributed by atoms with Gasteiger partial charge in [-0.05, 0) is 29.8 Å². The van der Waals surface area contributed by atoms with E-state index in [2.05, 4.69) is 4.74 Å². The van der Waals surface area contributed by atoms with Crippen LogP contribution in [-0.2, 0) is 9.53 Å². The third-order valence-corrected chi connectivity index (χ3v) is 1.96. The van der Waals surface area contributed by atoms with Crippen LogP contribution in [0, 0.1) is 0 Å². The van der Waals surface area contributed by atoms with Gasteiger partial charge in [-0.25, -0.2) is 4.79 Å². The molecule has 0 amide bonds. The number of hydrogen-bond donors (Lipinski definition) is 1. The number of nitrogen functional groups attached to an aromatic ring is 1. The van der Waals surface area contributed by atoms with E-state index in [0.29, 0.717) is 16.3 Å². The Balaban J connectivity index is 2.90. The van der Waals surface area contributed by atoms with E-state index in [1.165, 1.54) is 13.2 Å². The van der Waals surface area contributed by atoms with Crippen molar-refractivity contribution in [3.63, 3.8) is 0 Å². The average Bonchev–Trinajstić information content (AvgIpc) is 2.19. The zero-order chi connectivity index (χ0) is 10.6. The molecule has 0 heterocycles. The summed E-state index contributed by atoms with van der Waals surface area (Å²) in [6.45, 7) is 0. The Bertz CT molecular complexity index is 374. The van der Waals surface area contributed by atoms with Crippen LogP contribution in [0.1, 0.15) is 5.56 Å². The Morgan fingerprint density at radius 1 is 1.57 bits per heavy atom. The van der Waals surface area contributed by atoms with Gasteiger partial charge in [0.1, 0.15) is 0 Å². The Hall–Kier alpha value is -1.48. The number of benzene rings is 1. The molecule has 14 heavy (non-hydrogen) atoms. The van der Waals surface area contributed by atoms with Gasteiger partial charge in [0.25, 0.3) is 0 Å². The number of ether oxygens (including phenoxy) is 1. The first kappa shape index (κ1) is 10.6. The van der Waals surface area contributed by atoms with E-state index in [1.54, 1.807) is 24.3 Å². The van der Waals surface area contributed by atoms with Crippen LogP contribution in [-0.4, -0.2) is 13.1 Å². The third kappa shape index (κ3) is 2.78. The maximum atomic E-state index is 10.8. The van der Waals surface area contributed by atoms with Crippen LogP contribution in [0.25, 0.3) is 6.08 Å². The zero-order valence-electron chi connectivity index (χ0n) is 7.66. The second kappa shape index (κ2) is 4.67. The van der Waals surface area contributed by atoms with Crippen molar-refractivity contribution in [2.75, 3.05) is 12.8 Å². The molecule has 0 radical (unpaired) electrons. The molecule has 0 atom stereocenters. The van der Waals surface area contributed by atoms with Crippen molar-refractivity contribution in [1.82, 2.24) is 0 Å².